The molecule has 1 N–H and O–H groups in total. The molecule has 2 aliphatic rings. The molecular weight excluding hydrogens is 334 g/mol. The average Bonchev–Trinajstić information content (AvgIpc) is 3.02. The van der Waals surface area contributed by atoms with E-state index in [9.17, 15) is 4.79 Å². The number of carbonyl (C=O) groups is 1. The van der Waals surface area contributed by atoms with Crippen molar-refractivity contribution in [3.05, 3.63) is 23.8 Å². The van der Waals surface area contributed by atoms with Gasteiger partial charge in [0.25, 0.3) is 0 Å². The Morgan fingerprint density at radius 2 is 2.08 bits per heavy atom. The topological polar surface area (TPSA) is 68.2 Å². The van der Waals surface area contributed by atoms with E-state index < -0.39 is 5.97 Å². The maximum atomic E-state index is 10.7. The van der Waals surface area contributed by atoms with Crippen molar-refractivity contribution in [1.82, 2.24) is 4.90 Å². The molecule has 3 rings (SSSR count). The van der Waals surface area contributed by atoms with Crippen LogP contribution in [0.2, 0.25) is 0 Å². The first-order valence-corrected chi connectivity index (χ1v) is 9.33. The molecular formula is C20H29NO5. The van der Waals surface area contributed by atoms with Crippen LogP contribution in [-0.4, -0.2) is 56.0 Å². The molecule has 1 aromatic rings. The number of likely N-dealkylation sites (tertiary alicyclic amines) is 1. The van der Waals surface area contributed by atoms with Crippen LogP contribution in [0.25, 0.3) is 0 Å². The van der Waals surface area contributed by atoms with Gasteiger partial charge in [0, 0.05) is 25.6 Å². The van der Waals surface area contributed by atoms with Crippen molar-refractivity contribution in [1.29, 1.82) is 0 Å². The summed E-state index contributed by atoms with van der Waals surface area (Å²) >= 11 is 0. The Hall–Kier alpha value is -1.79. The molecule has 2 atom stereocenters. The van der Waals surface area contributed by atoms with Crippen LogP contribution in [0.5, 0.6) is 11.5 Å². The van der Waals surface area contributed by atoms with E-state index in [0.29, 0.717) is 23.0 Å². The van der Waals surface area contributed by atoms with Crippen molar-refractivity contribution in [3.8, 4) is 11.5 Å². The van der Waals surface area contributed by atoms with Crippen molar-refractivity contribution in [2.75, 3.05) is 33.9 Å². The Kier molecular flexibility index (Phi) is 6.04. The molecule has 0 bridgehead atoms. The van der Waals surface area contributed by atoms with E-state index in [-0.39, 0.29) is 6.61 Å². The molecule has 0 amide bonds. The van der Waals surface area contributed by atoms with Gasteiger partial charge >= 0.3 is 5.97 Å². The molecule has 144 valence electrons. The number of rotatable bonds is 7. The third-order valence-electron chi connectivity index (χ3n) is 5.78. The highest BCUT2D eigenvalue weighted by atomic mass is 16.5. The summed E-state index contributed by atoms with van der Waals surface area (Å²) in [6.07, 6.45) is 6.53. The number of ether oxygens (including phenoxy) is 3. The standard InChI is InChI=1S/C20H29NO5/c1-24-17-11-15(6-7-16(17)26-13-19(22)23)12-21-10-4-9-20(14-21)8-3-5-18(20)25-2/h6-7,11,18H,3-5,8-10,12-14H2,1-2H3,(H,22,23)/t18-,20+/m1/s1. The van der Waals surface area contributed by atoms with Crippen molar-refractivity contribution in [2.45, 2.75) is 44.8 Å². The largest absolute Gasteiger partial charge is 0.493 e. The first-order valence-electron chi connectivity index (χ1n) is 9.33. The van der Waals surface area contributed by atoms with Crippen LogP contribution in [0.4, 0.5) is 0 Å². The summed E-state index contributed by atoms with van der Waals surface area (Å²) in [5, 5.41) is 8.77. The van der Waals surface area contributed by atoms with Crippen LogP contribution in [0.1, 0.15) is 37.7 Å². The molecule has 1 aliphatic carbocycles. The second kappa shape index (κ2) is 8.27. The molecule has 1 spiro atoms. The van der Waals surface area contributed by atoms with Gasteiger partial charge in [0.15, 0.2) is 18.1 Å². The first-order chi connectivity index (χ1) is 12.6. The van der Waals surface area contributed by atoms with Gasteiger partial charge in [-0.3, -0.25) is 4.90 Å². The maximum Gasteiger partial charge on any atom is 0.341 e. The Balaban J connectivity index is 1.67. The fraction of sp³-hybridized carbons (Fsp3) is 0.650. The predicted molar refractivity (Wildman–Crippen MR) is 97.7 cm³/mol. The minimum atomic E-state index is -1.00. The van der Waals surface area contributed by atoms with Gasteiger partial charge in [0.05, 0.1) is 13.2 Å². The van der Waals surface area contributed by atoms with Gasteiger partial charge in [-0.05, 0) is 49.9 Å². The van der Waals surface area contributed by atoms with Gasteiger partial charge in [0.1, 0.15) is 0 Å². The molecule has 6 nitrogen and oxygen atoms in total. The summed E-state index contributed by atoms with van der Waals surface area (Å²) in [4.78, 5) is 13.2. The lowest BCUT2D eigenvalue weighted by Crippen LogP contribution is -2.47. The number of benzene rings is 1. The van der Waals surface area contributed by atoms with Crippen LogP contribution < -0.4 is 9.47 Å². The summed E-state index contributed by atoms with van der Waals surface area (Å²) in [7, 11) is 3.42. The molecule has 6 heteroatoms. The van der Waals surface area contributed by atoms with E-state index in [2.05, 4.69) is 4.90 Å². The van der Waals surface area contributed by atoms with E-state index >= 15 is 0 Å². The fourth-order valence-corrected chi connectivity index (χ4v) is 4.66. The normalized spacial score (nSPS) is 26.2. The van der Waals surface area contributed by atoms with Crippen molar-refractivity contribution >= 4 is 5.97 Å². The molecule has 1 aromatic carbocycles. The van der Waals surface area contributed by atoms with Crippen LogP contribution in [0.15, 0.2) is 18.2 Å². The second-order valence-corrected chi connectivity index (χ2v) is 7.46. The lowest BCUT2D eigenvalue weighted by molar-refractivity contribution is -0.139. The molecule has 1 aliphatic heterocycles. The lowest BCUT2D eigenvalue weighted by Gasteiger charge is -2.43. The number of aliphatic carboxylic acids is 1. The number of carboxylic acids is 1. The molecule has 2 fully saturated rings. The van der Waals surface area contributed by atoms with E-state index in [1.807, 2.05) is 19.2 Å². The second-order valence-electron chi connectivity index (χ2n) is 7.46. The zero-order valence-electron chi connectivity index (χ0n) is 15.7. The number of hydrogen-bond acceptors (Lipinski definition) is 5. The molecule has 26 heavy (non-hydrogen) atoms. The summed E-state index contributed by atoms with van der Waals surface area (Å²) < 4.78 is 16.5. The predicted octanol–water partition coefficient (Wildman–Crippen LogP) is 2.94. The lowest BCUT2D eigenvalue weighted by atomic mass is 9.76. The highest BCUT2D eigenvalue weighted by Gasteiger charge is 2.45. The van der Waals surface area contributed by atoms with Gasteiger partial charge in [0.2, 0.25) is 0 Å². The molecule has 1 heterocycles. The Labute approximate surface area is 155 Å². The van der Waals surface area contributed by atoms with Gasteiger partial charge in [-0.15, -0.1) is 0 Å². The van der Waals surface area contributed by atoms with Gasteiger partial charge < -0.3 is 19.3 Å². The summed E-state index contributed by atoms with van der Waals surface area (Å²) in [6.45, 7) is 2.65. The molecule has 0 unspecified atom stereocenters. The summed E-state index contributed by atoms with van der Waals surface area (Å²) in [6, 6.07) is 5.73. The highest BCUT2D eigenvalue weighted by molar-refractivity contribution is 5.68. The van der Waals surface area contributed by atoms with Crippen LogP contribution in [-0.2, 0) is 16.1 Å². The highest BCUT2D eigenvalue weighted by Crippen LogP contribution is 2.46. The van der Waals surface area contributed by atoms with Crippen molar-refractivity contribution in [2.24, 2.45) is 5.41 Å². The number of piperidine rings is 1. The molecule has 0 radical (unpaired) electrons. The number of hydrogen-bond donors (Lipinski definition) is 1. The van der Waals surface area contributed by atoms with Gasteiger partial charge in [-0.2, -0.15) is 0 Å². The minimum Gasteiger partial charge on any atom is -0.493 e. The zero-order chi connectivity index (χ0) is 18.6. The smallest absolute Gasteiger partial charge is 0.341 e. The van der Waals surface area contributed by atoms with E-state index in [0.717, 1.165) is 25.2 Å². The van der Waals surface area contributed by atoms with Crippen molar-refractivity contribution < 1.29 is 24.1 Å². The first kappa shape index (κ1) is 19.0. The number of methoxy groups -OCH3 is 2. The van der Waals surface area contributed by atoms with Gasteiger partial charge in [-0.25, -0.2) is 4.79 Å². The Bertz CT molecular complexity index is 635. The monoisotopic (exact) mass is 363 g/mol. The average molecular weight is 363 g/mol. The van der Waals surface area contributed by atoms with Crippen LogP contribution in [0.3, 0.4) is 0 Å². The summed E-state index contributed by atoms with van der Waals surface area (Å²) in [5.41, 5.74) is 1.45. The van der Waals surface area contributed by atoms with E-state index in [1.54, 1.807) is 13.2 Å². The molecule has 0 aromatic heterocycles. The van der Waals surface area contributed by atoms with E-state index in [4.69, 9.17) is 19.3 Å². The maximum absolute atomic E-state index is 10.7. The Morgan fingerprint density at radius 3 is 2.81 bits per heavy atom. The van der Waals surface area contributed by atoms with Crippen molar-refractivity contribution in [3.63, 3.8) is 0 Å². The number of carboxylic acid groups (broad SMARTS) is 1. The van der Waals surface area contributed by atoms with E-state index in [1.165, 1.54) is 32.1 Å². The quantitative estimate of drug-likeness (QED) is 0.803. The third kappa shape index (κ3) is 4.13. The minimum absolute atomic E-state index is 0.307. The fourth-order valence-electron chi connectivity index (χ4n) is 4.66. The summed E-state index contributed by atoms with van der Waals surface area (Å²) in [5.74, 6) is 0.0362. The van der Waals surface area contributed by atoms with Crippen LogP contribution >= 0.6 is 0 Å². The van der Waals surface area contributed by atoms with Crippen LogP contribution in [0, 0.1) is 5.41 Å². The number of nitrogens with zero attached hydrogens (tertiary/aromatic N) is 1. The SMILES string of the molecule is COc1cc(CN2CCC[C@@]3(CCC[C@H]3OC)C2)ccc1OCC(=O)O. The molecule has 1 saturated heterocycles. The molecule has 1 saturated carbocycles. The third-order valence-corrected chi connectivity index (χ3v) is 5.78. The Morgan fingerprint density at radius 1 is 1.27 bits per heavy atom. The zero-order valence-corrected chi connectivity index (χ0v) is 15.7. The van der Waals surface area contributed by atoms with Gasteiger partial charge in [-0.1, -0.05) is 12.5 Å².